The average Bonchev–Trinajstić information content (AvgIpc) is 3.21. The van der Waals surface area contributed by atoms with Crippen LogP contribution in [0.15, 0.2) is 6.07 Å². The lowest BCUT2D eigenvalue weighted by atomic mass is 10.3. The van der Waals surface area contributed by atoms with Crippen molar-refractivity contribution >= 4 is 27.5 Å². The lowest BCUT2D eigenvalue weighted by Crippen LogP contribution is -2.26. The fraction of sp³-hybridized carbons (Fsp3) is 0.600. The molecule has 6 heteroatoms. The molecule has 0 unspecified atom stereocenters. The van der Waals surface area contributed by atoms with Crippen molar-refractivity contribution in [3.63, 3.8) is 0 Å². The monoisotopic (exact) mass is 306 g/mol. The molecule has 5 nitrogen and oxygen atoms in total. The van der Waals surface area contributed by atoms with Crippen molar-refractivity contribution in [2.75, 3.05) is 32.1 Å². The van der Waals surface area contributed by atoms with Crippen LogP contribution in [0.4, 0.5) is 5.95 Å². The Kier molecular flexibility index (Phi) is 4.26. The Hall–Kier alpha value is -1.40. The first-order valence-corrected chi connectivity index (χ1v) is 8.34. The molecule has 0 atom stereocenters. The molecule has 2 heterocycles. The van der Waals surface area contributed by atoms with Crippen LogP contribution in [0, 0.1) is 6.92 Å². The zero-order valence-corrected chi connectivity index (χ0v) is 13.7. The van der Waals surface area contributed by atoms with Gasteiger partial charge in [0.1, 0.15) is 11.4 Å². The first-order valence-electron chi connectivity index (χ1n) is 7.52. The van der Waals surface area contributed by atoms with Crippen molar-refractivity contribution < 1.29 is 4.74 Å². The highest BCUT2D eigenvalue weighted by Crippen LogP contribution is 2.31. The summed E-state index contributed by atoms with van der Waals surface area (Å²) in [6, 6.07) is 2.87. The van der Waals surface area contributed by atoms with Crippen LogP contribution in [-0.4, -0.2) is 47.7 Å². The number of ether oxygens (including phenoxy) is 1. The zero-order valence-electron chi connectivity index (χ0n) is 12.8. The molecule has 0 amide bonds. The summed E-state index contributed by atoms with van der Waals surface area (Å²) in [7, 11) is 2.16. The van der Waals surface area contributed by atoms with E-state index in [1.165, 1.54) is 17.7 Å². The Morgan fingerprint density at radius 2 is 2.24 bits per heavy atom. The van der Waals surface area contributed by atoms with E-state index in [0.29, 0.717) is 18.4 Å². The van der Waals surface area contributed by atoms with Gasteiger partial charge in [-0.1, -0.05) is 0 Å². The Morgan fingerprint density at radius 1 is 1.43 bits per heavy atom. The molecule has 0 radical (unpaired) electrons. The number of thiophene rings is 1. The van der Waals surface area contributed by atoms with Gasteiger partial charge in [0.25, 0.3) is 0 Å². The van der Waals surface area contributed by atoms with Gasteiger partial charge >= 0.3 is 0 Å². The molecule has 0 saturated heterocycles. The third-order valence-electron chi connectivity index (χ3n) is 3.67. The van der Waals surface area contributed by atoms with Crippen molar-refractivity contribution in [1.29, 1.82) is 0 Å². The van der Waals surface area contributed by atoms with Gasteiger partial charge in [-0.15, -0.1) is 11.3 Å². The zero-order chi connectivity index (χ0) is 14.8. The minimum Gasteiger partial charge on any atom is -0.476 e. The second kappa shape index (κ2) is 6.15. The Morgan fingerprint density at radius 3 is 2.95 bits per heavy atom. The second-order valence-corrected chi connectivity index (χ2v) is 6.75. The summed E-state index contributed by atoms with van der Waals surface area (Å²) < 4.78 is 5.94. The molecule has 1 fully saturated rings. The molecule has 21 heavy (non-hydrogen) atoms. The predicted molar refractivity (Wildman–Crippen MR) is 87.5 cm³/mol. The van der Waals surface area contributed by atoms with Crippen molar-refractivity contribution in [2.24, 2.45) is 0 Å². The van der Waals surface area contributed by atoms with Crippen LogP contribution >= 0.6 is 11.3 Å². The van der Waals surface area contributed by atoms with Gasteiger partial charge in [0.15, 0.2) is 0 Å². The number of hydrogen-bond acceptors (Lipinski definition) is 6. The van der Waals surface area contributed by atoms with Gasteiger partial charge in [-0.25, -0.2) is 4.98 Å². The molecule has 0 aromatic carbocycles. The molecular weight excluding hydrogens is 284 g/mol. The first kappa shape index (κ1) is 14.5. The van der Waals surface area contributed by atoms with Gasteiger partial charge in [0, 0.05) is 24.0 Å². The van der Waals surface area contributed by atoms with Gasteiger partial charge in [-0.05, 0) is 39.8 Å². The average molecular weight is 306 g/mol. The smallest absolute Gasteiger partial charge is 0.227 e. The molecule has 1 saturated carbocycles. The van der Waals surface area contributed by atoms with Gasteiger partial charge in [0.2, 0.25) is 11.8 Å². The number of hydrogen-bond donors (Lipinski definition) is 1. The molecule has 0 aliphatic heterocycles. The van der Waals surface area contributed by atoms with Gasteiger partial charge in [-0.3, -0.25) is 0 Å². The quantitative estimate of drug-likeness (QED) is 0.852. The van der Waals surface area contributed by atoms with Gasteiger partial charge in [0.05, 0.1) is 5.39 Å². The number of anilines is 1. The maximum Gasteiger partial charge on any atom is 0.227 e. The maximum atomic E-state index is 5.94. The van der Waals surface area contributed by atoms with E-state index in [4.69, 9.17) is 4.74 Å². The Labute approximate surface area is 129 Å². The summed E-state index contributed by atoms with van der Waals surface area (Å²) in [4.78, 5) is 13.6. The lowest BCUT2D eigenvalue weighted by Gasteiger charge is -2.16. The van der Waals surface area contributed by atoms with E-state index < -0.39 is 0 Å². The third-order valence-corrected chi connectivity index (χ3v) is 4.61. The third kappa shape index (κ3) is 3.44. The maximum absolute atomic E-state index is 5.94. The minimum absolute atomic E-state index is 0.650. The van der Waals surface area contributed by atoms with Crippen LogP contribution in [0.2, 0.25) is 0 Å². The lowest BCUT2D eigenvalue weighted by molar-refractivity contribution is 0.228. The molecule has 2 aromatic heterocycles. The van der Waals surface area contributed by atoms with E-state index in [1.807, 2.05) is 6.92 Å². The SMILES string of the molecule is CCNc1nc(OCCN(C)C2CC2)c2cc(C)sc2n1. The van der Waals surface area contributed by atoms with Crippen LogP contribution in [0.1, 0.15) is 24.6 Å². The predicted octanol–water partition coefficient (Wildman–Crippen LogP) is 2.90. The number of nitrogens with one attached hydrogen (secondary N) is 1. The highest BCUT2D eigenvalue weighted by atomic mass is 32.1. The molecule has 0 spiro atoms. The standard InChI is InChI=1S/C15H22N4OS/c1-4-16-15-17-13(12-9-10(2)21-14(12)18-15)20-8-7-19(3)11-5-6-11/h9,11H,4-8H2,1-3H3,(H,16,17,18). The number of aryl methyl sites for hydroxylation is 1. The summed E-state index contributed by atoms with van der Waals surface area (Å²) >= 11 is 1.68. The van der Waals surface area contributed by atoms with Crippen LogP contribution in [-0.2, 0) is 0 Å². The normalized spacial score (nSPS) is 14.9. The molecular formula is C15H22N4OS. The summed E-state index contributed by atoms with van der Waals surface area (Å²) in [6.07, 6.45) is 2.64. The van der Waals surface area contributed by atoms with E-state index >= 15 is 0 Å². The van der Waals surface area contributed by atoms with Crippen molar-refractivity contribution in [3.05, 3.63) is 10.9 Å². The molecule has 2 aromatic rings. The largest absolute Gasteiger partial charge is 0.476 e. The summed E-state index contributed by atoms with van der Waals surface area (Å²) in [5, 5.41) is 4.19. The Balaban J connectivity index is 1.74. The summed E-state index contributed by atoms with van der Waals surface area (Å²) in [6.45, 7) is 6.54. The molecule has 0 bridgehead atoms. The first-order chi connectivity index (χ1) is 10.2. The number of rotatable bonds is 7. The number of likely N-dealkylation sites (N-methyl/N-ethyl adjacent to an activating group) is 1. The second-order valence-electron chi connectivity index (χ2n) is 5.52. The fourth-order valence-electron chi connectivity index (χ4n) is 2.35. The minimum atomic E-state index is 0.650. The molecule has 1 N–H and O–H groups in total. The van der Waals surface area contributed by atoms with Crippen LogP contribution in [0.5, 0.6) is 5.88 Å². The fourth-order valence-corrected chi connectivity index (χ4v) is 3.22. The molecule has 1 aliphatic carbocycles. The number of nitrogens with zero attached hydrogens (tertiary/aromatic N) is 3. The Bertz CT molecular complexity index is 623. The van der Waals surface area contributed by atoms with Crippen molar-refractivity contribution in [1.82, 2.24) is 14.9 Å². The summed E-state index contributed by atoms with van der Waals surface area (Å²) in [5.41, 5.74) is 0. The molecule has 1 aliphatic rings. The number of aromatic nitrogens is 2. The van der Waals surface area contributed by atoms with Crippen LogP contribution in [0.3, 0.4) is 0 Å². The van der Waals surface area contributed by atoms with Crippen molar-refractivity contribution in [3.8, 4) is 5.88 Å². The van der Waals surface area contributed by atoms with Gasteiger partial charge in [-0.2, -0.15) is 4.98 Å². The van der Waals surface area contributed by atoms with E-state index in [-0.39, 0.29) is 0 Å². The number of fused-ring (bicyclic) bond motifs is 1. The topological polar surface area (TPSA) is 50.3 Å². The van der Waals surface area contributed by atoms with E-state index in [2.05, 4.69) is 40.2 Å². The highest BCUT2D eigenvalue weighted by molar-refractivity contribution is 7.18. The van der Waals surface area contributed by atoms with E-state index in [9.17, 15) is 0 Å². The molecule has 3 rings (SSSR count). The van der Waals surface area contributed by atoms with Crippen molar-refractivity contribution in [2.45, 2.75) is 32.7 Å². The van der Waals surface area contributed by atoms with Gasteiger partial charge < -0.3 is 15.0 Å². The molecule has 114 valence electrons. The highest BCUT2D eigenvalue weighted by Gasteiger charge is 2.25. The van der Waals surface area contributed by atoms with Crippen LogP contribution < -0.4 is 10.1 Å². The van der Waals surface area contributed by atoms with E-state index in [0.717, 1.165) is 29.3 Å². The summed E-state index contributed by atoms with van der Waals surface area (Å²) in [5.74, 6) is 1.35. The van der Waals surface area contributed by atoms with E-state index in [1.54, 1.807) is 11.3 Å². The van der Waals surface area contributed by atoms with Crippen LogP contribution in [0.25, 0.3) is 10.2 Å².